The number of nitrogens with one attached hydrogen (secondary N) is 1. The maximum Gasteiger partial charge on any atom is 0.270 e. The van der Waals surface area contributed by atoms with Crippen LogP contribution in [0.2, 0.25) is 5.02 Å². The van der Waals surface area contributed by atoms with Gasteiger partial charge in [-0.05, 0) is 28.1 Å². The average molecular weight is 360 g/mol. The van der Waals surface area contributed by atoms with E-state index in [9.17, 15) is 14.5 Å². The van der Waals surface area contributed by atoms with Gasteiger partial charge in [0.1, 0.15) is 5.82 Å². The molecule has 0 amide bonds. The third-order valence-electron chi connectivity index (χ3n) is 2.66. The molecule has 0 bridgehead atoms. The first kappa shape index (κ1) is 14.7. The van der Waals surface area contributed by atoms with E-state index in [-0.39, 0.29) is 17.3 Å². The monoisotopic (exact) mass is 358 g/mol. The van der Waals surface area contributed by atoms with Gasteiger partial charge < -0.3 is 5.32 Å². The van der Waals surface area contributed by atoms with Crippen molar-refractivity contribution < 1.29 is 9.31 Å². The molecule has 104 valence electrons. The van der Waals surface area contributed by atoms with Gasteiger partial charge in [-0.15, -0.1) is 0 Å². The van der Waals surface area contributed by atoms with Crippen LogP contribution in [0.4, 0.5) is 15.8 Å². The highest BCUT2D eigenvalue weighted by molar-refractivity contribution is 9.10. The van der Waals surface area contributed by atoms with E-state index in [1.165, 1.54) is 18.2 Å². The normalized spacial score (nSPS) is 10.3. The molecular weight excluding hydrogens is 351 g/mol. The molecule has 0 aliphatic heterocycles. The summed E-state index contributed by atoms with van der Waals surface area (Å²) in [6, 6.07) is 9.08. The summed E-state index contributed by atoms with van der Waals surface area (Å²) in [5, 5.41) is 13.7. The summed E-state index contributed by atoms with van der Waals surface area (Å²) in [6.07, 6.45) is 0. The van der Waals surface area contributed by atoms with E-state index < -0.39 is 10.7 Å². The predicted molar refractivity (Wildman–Crippen MR) is 79.5 cm³/mol. The number of nitro groups is 1. The molecule has 7 heteroatoms. The summed E-state index contributed by atoms with van der Waals surface area (Å²) < 4.78 is 14.2. The van der Waals surface area contributed by atoms with Crippen LogP contribution in [0.1, 0.15) is 5.56 Å². The fourth-order valence-corrected chi connectivity index (χ4v) is 2.34. The highest BCUT2D eigenvalue weighted by Crippen LogP contribution is 2.28. The zero-order valence-electron chi connectivity index (χ0n) is 10.1. The van der Waals surface area contributed by atoms with Crippen LogP contribution in [0, 0.1) is 15.9 Å². The van der Waals surface area contributed by atoms with E-state index >= 15 is 0 Å². The Morgan fingerprint density at radius 3 is 2.75 bits per heavy atom. The van der Waals surface area contributed by atoms with Crippen LogP contribution in [0.5, 0.6) is 0 Å². The maximum absolute atomic E-state index is 13.7. The van der Waals surface area contributed by atoms with Crippen LogP contribution in [-0.2, 0) is 6.54 Å². The summed E-state index contributed by atoms with van der Waals surface area (Å²) in [5.74, 6) is -0.472. The standard InChI is InChI=1S/C13H9BrClFN2O2/c14-10-6-9(18(19)20)4-5-12(10)17-7-8-2-1-3-11(15)13(8)16/h1-6,17H,7H2. The van der Waals surface area contributed by atoms with E-state index in [1.807, 2.05) is 0 Å². The van der Waals surface area contributed by atoms with Gasteiger partial charge in [0.05, 0.1) is 9.95 Å². The smallest absolute Gasteiger partial charge is 0.270 e. The maximum atomic E-state index is 13.7. The van der Waals surface area contributed by atoms with Gasteiger partial charge in [-0.2, -0.15) is 0 Å². The molecule has 0 atom stereocenters. The largest absolute Gasteiger partial charge is 0.380 e. The molecule has 20 heavy (non-hydrogen) atoms. The Morgan fingerprint density at radius 1 is 1.35 bits per heavy atom. The highest BCUT2D eigenvalue weighted by atomic mass is 79.9. The second kappa shape index (κ2) is 6.19. The van der Waals surface area contributed by atoms with Crippen molar-refractivity contribution in [3.05, 3.63) is 67.4 Å². The summed E-state index contributed by atoms with van der Waals surface area (Å²) in [7, 11) is 0. The third kappa shape index (κ3) is 3.26. The summed E-state index contributed by atoms with van der Waals surface area (Å²) in [6.45, 7) is 0.225. The molecule has 0 radical (unpaired) electrons. The van der Waals surface area contributed by atoms with Gasteiger partial charge >= 0.3 is 0 Å². The Labute approximate surface area is 127 Å². The van der Waals surface area contributed by atoms with Crippen molar-refractivity contribution in [3.63, 3.8) is 0 Å². The number of hydrogen-bond donors (Lipinski definition) is 1. The summed E-state index contributed by atoms with van der Waals surface area (Å²) in [4.78, 5) is 10.1. The molecular formula is C13H9BrClFN2O2. The van der Waals surface area contributed by atoms with Gasteiger partial charge in [0, 0.05) is 34.4 Å². The lowest BCUT2D eigenvalue weighted by molar-refractivity contribution is -0.384. The van der Waals surface area contributed by atoms with E-state index in [4.69, 9.17) is 11.6 Å². The van der Waals surface area contributed by atoms with E-state index in [0.29, 0.717) is 15.7 Å². The van der Waals surface area contributed by atoms with Gasteiger partial charge in [-0.25, -0.2) is 4.39 Å². The second-order valence-electron chi connectivity index (χ2n) is 3.99. The quantitative estimate of drug-likeness (QED) is 0.632. The SMILES string of the molecule is O=[N+]([O-])c1ccc(NCc2cccc(Cl)c2F)c(Br)c1. The molecule has 1 N–H and O–H groups in total. The van der Waals surface area contributed by atoms with Crippen molar-refractivity contribution in [2.45, 2.75) is 6.54 Å². The molecule has 0 saturated heterocycles. The summed E-state index contributed by atoms with van der Waals surface area (Å²) >= 11 is 8.93. The lowest BCUT2D eigenvalue weighted by atomic mass is 10.2. The molecule has 0 saturated carbocycles. The number of nitro benzene ring substituents is 1. The van der Waals surface area contributed by atoms with Crippen molar-refractivity contribution >= 4 is 38.9 Å². The molecule has 2 aromatic carbocycles. The third-order valence-corrected chi connectivity index (χ3v) is 3.61. The zero-order chi connectivity index (χ0) is 14.7. The molecule has 0 spiro atoms. The van der Waals surface area contributed by atoms with Crippen LogP contribution < -0.4 is 5.32 Å². The minimum absolute atomic E-state index is 0.0173. The lowest BCUT2D eigenvalue weighted by Gasteiger charge is -2.09. The fraction of sp³-hybridized carbons (Fsp3) is 0.0769. The van der Waals surface area contributed by atoms with Gasteiger partial charge in [0.15, 0.2) is 0 Å². The van der Waals surface area contributed by atoms with E-state index in [1.54, 1.807) is 18.2 Å². The first-order chi connectivity index (χ1) is 9.49. The van der Waals surface area contributed by atoms with Gasteiger partial charge in [0.2, 0.25) is 0 Å². The second-order valence-corrected chi connectivity index (χ2v) is 5.25. The number of benzene rings is 2. The molecule has 0 fully saturated rings. The highest BCUT2D eigenvalue weighted by Gasteiger charge is 2.10. The van der Waals surface area contributed by atoms with Crippen LogP contribution in [0.3, 0.4) is 0 Å². The van der Waals surface area contributed by atoms with E-state index in [0.717, 1.165) is 0 Å². The van der Waals surface area contributed by atoms with Crippen molar-refractivity contribution in [2.75, 3.05) is 5.32 Å². The minimum atomic E-state index is -0.481. The van der Waals surface area contributed by atoms with Gasteiger partial charge in [-0.3, -0.25) is 10.1 Å². The summed E-state index contributed by atoms with van der Waals surface area (Å²) in [5.41, 5.74) is 1.04. The molecule has 0 heterocycles. The Bertz CT molecular complexity index is 667. The first-order valence-electron chi connectivity index (χ1n) is 5.59. The Morgan fingerprint density at radius 2 is 2.10 bits per heavy atom. The van der Waals surface area contributed by atoms with Crippen molar-refractivity contribution in [1.29, 1.82) is 0 Å². The Balaban J connectivity index is 2.15. The predicted octanol–water partition coefficient (Wildman–Crippen LogP) is 4.76. The minimum Gasteiger partial charge on any atom is -0.380 e. The number of rotatable bonds is 4. The zero-order valence-corrected chi connectivity index (χ0v) is 12.4. The molecule has 0 aliphatic carbocycles. The average Bonchev–Trinajstić information content (AvgIpc) is 2.41. The van der Waals surface area contributed by atoms with Crippen molar-refractivity contribution in [2.24, 2.45) is 0 Å². The molecule has 0 unspecified atom stereocenters. The van der Waals surface area contributed by atoms with Crippen LogP contribution in [0.15, 0.2) is 40.9 Å². The number of anilines is 1. The Kier molecular flexibility index (Phi) is 4.57. The lowest BCUT2D eigenvalue weighted by Crippen LogP contribution is -2.03. The van der Waals surface area contributed by atoms with Crippen LogP contribution in [0.25, 0.3) is 0 Å². The van der Waals surface area contributed by atoms with E-state index in [2.05, 4.69) is 21.2 Å². The van der Waals surface area contributed by atoms with Crippen LogP contribution >= 0.6 is 27.5 Å². The molecule has 2 aromatic rings. The topological polar surface area (TPSA) is 55.2 Å². The van der Waals surface area contributed by atoms with Crippen molar-refractivity contribution in [1.82, 2.24) is 0 Å². The number of hydrogen-bond acceptors (Lipinski definition) is 3. The number of halogens is 3. The first-order valence-corrected chi connectivity index (χ1v) is 6.77. The number of nitrogens with zero attached hydrogens (tertiary/aromatic N) is 1. The van der Waals surface area contributed by atoms with Crippen LogP contribution in [-0.4, -0.2) is 4.92 Å². The van der Waals surface area contributed by atoms with Gasteiger partial charge in [-0.1, -0.05) is 23.7 Å². The molecule has 4 nitrogen and oxygen atoms in total. The number of non-ortho nitro benzene ring substituents is 1. The molecule has 0 aliphatic rings. The van der Waals surface area contributed by atoms with Crippen molar-refractivity contribution in [3.8, 4) is 0 Å². The van der Waals surface area contributed by atoms with Gasteiger partial charge in [0.25, 0.3) is 5.69 Å². The Hall–Kier alpha value is -1.66. The fourth-order valence-electron chi connectivity index (χ4n) is 1.64. The molecule has 2 rings (SSSR count). The molecule has 0 aromatic heterocycles.